The first kappa shape index (κ1) is 17.7. The lowest BCUT2D eigenvalue weighted by molar-refractivity contribution is 0.228. The van der Waals surface area contributed by atoms with Crippen LogP contribution in [-0.4, -0.2) is 6.67 Å². The van der Waals surface area contributed by atoms with E-state index in [1.54, 1.807) is 0 Å². The van der Waals surface area contributed by atoms with E-state index in [9.17, 15) is 0 Å². The van der Waals surface area contributed by atoms with Crippen LogP contribution < -0.4 is 9.38 Å². The summed E-state index contributed by atoms with van der Waals surface area (Å²) >= 11 is 0. The molecule has 0 amide bonds. The molecule has 2 heterocycles. The Labute approximate surface area is 178 Å². The van der Waals surface area contributed by atoms with Gasteiger partial charge in [0.2, 0.25) is 0 Å². The number of hydrogen-bond acceptors (Lipinski definition) is 1. The first-order chi connectivity index (χ1) is 14.6. The van der Waals surface area contributed by atoms with E-state index in [0.717, 1.165) is 30.8 Å². The van der Waals surface area contributed by atoms with Gasteiger partial charge in [0.25, 0.3) is 0 Å². The third kappa shape index (κ3) is 2.75. The molecule has 0 saturated heterocycles. The molecule has 0 spiro atoms. The summed E-state index contributed by atoms with van der Waals surface area (Å²) in [5.41, 5.74) is 9.99. The van der Waals surface area contributed by atoms with Gasteiger partial charge < -0.3 is 4.90 Å². The van der Waals surface area contributed by atoms with E-state index in [0.29, 0.717) is 0 Å². The van der Waals surface area contributed by atoms with E-state index in [1.165, 1.54) is 50.0 Å². The van der Waals surface area contributed by atoms with Crippen LogP contribution in [0.2, 0.25) is 0 Å². The Hall–Kier alpha value is -3.10. The molecule has 148 valence electrons. The van der Waals surface area contributed by atoms with Crippen LogP contribution in [0.15, 0.2) is 78.9 Å². The Kier molecular flexibility index (Phi) is 3.81. The number of hydrogen-bond donors (Lipinski definition) is 0. The van der Waals surface area contributed by atoms with Crippen molar-refractivity contribution in [3.05, 3.63) is 107 Å². The minimum atomic E-state index is 0.977. The van der Waals surface area contributed by atoms with Crippen molar-refractivity contribution >= 4 is 22.1 Å². The molecular formula is C28H27N2+. The van der Waals surface area contributed by atoms with Crippen LogP contribution in [0, 0.1) is 13.8 Å². The van der Waals surface area contributed by atoms with Crippen molar-refractivity contribution < 1.29 is 0 Å². The van der Waals surface area contributed by atoms with Crippen molar-refractivity contribution in [2.24, 2.45) is 0 Å². The summed E-state index contributed by atoms with van der Waals surface area (Å²) in [6.45, 7) is 8.53. The zero-order chi connectivity index (χ0) is 20.3. The highest BCUT2D eigenvalue weighted by atomic mass is 15.5. The maximum absolute atomic E-state index is 2.60. The van der Waals surface area contributed by atoms with Crippen molar-refractivity contribution in [3.8, 4) is 0 Å². The second-order valence-corrected chi connectivity index (χ2v) is 9.25. The van der Waals surface area contributed by atoms with Gasteiger partial charge in [0.05, 0.1) is 12.2 Å². The van der Waals surface area contributed by atoms with Crippen LogP contribution in [0.4, 0.5) is 11.4 Å². The monoisotopic (exact) mass is 391 g/mol. The molecule has 0 radical (unpaired) electrons. The number of anilines is 1. The van der Waals surface area contributed by atoms with Crippen molar-refractivity contribution in [2.45, 2.75) is 33.5 Å². The van der Waals surface area contributed by atoms with E-state index < -0.39 is 0 Å². The number of rotatable bonds is 2. The molecule has 0 N–H and O–H groups in total. The molecule has 6 rings (SSSR count). The minimum Gasteiger partial charge on any atom is -0.320 e. The molecule has 0 saturated carbocycles. The van der Waals surface area contributed by atoms with Crippen LogP contribution in [0.25, 0.3) is 10.8 Å². The Morgan fingerprint density at radius 3 is 2.40 bits per heavy atom. The molecular weight excluding hydrogens is 364 g/mol. The highest BCUT2D eigenvalue weighted by Gasteiger charge is 2.44. The standard InChI is InChI=1S/C28H27N2/c1-20-7-11-27-26(14-20)18-30(17-22-9-10-23-5-3-4-6-24(23)15-22)19-29(27)16-25-13-21(2)8-12-28(25)30/h3-15H,16-19H2,1-2H3/q+1. The van der Waals surface area contributed by atoms with Crippen LogP contribution in [-0.2, 0) is 19.6 Å². The molecule has 1 unspecified atom stereocenters. The average molecular weight is 392 g/mol. The quantitative estimate of drug-likeness (QED) is 0.355. The van der Waals surface area contributed by atoms with Gasteiger partial charge >= 0.3 is 0 Å². The maximum Gasteiger partial charge on any atom is 0.160 e. The Morgan fingerprint density at radius 2 is 1.53 bits per heavy atom. The largest absolute Gasteiger partial charge is 0.320 e. The van der Waals surface area contributed by atoms with Gasteiger partial charge in [-0.3, -0.25) is 4.48 Å². The highest BCUT2D eigenvalue weighted by Crippen LogP contribution is 2.44. The van der Waals surface area contributed by atoms with Crippen LogP contribution in [0.3, 0.4) is 0 Å². The van der Waals surface area contributed by atoms with Crippen LogP contribution in [0.5, 0.6) is 0 Å². The molecule has 30 heavy (non-hydrogen) atoms. The molecule has 2 bridgehead atoms. The van der Waals surface area contributed by atoms with Gasteiger partial charge in [-0.05, 0) is 55.0 Å². The van der Waals surface area contributed by atoms with E-state index in [2.05, 4.69) is 97.6 Å². The van der Waals surface area contributed by atoms with E-state index >= 15 is 0 Å². The van der Waals surface area contributed by atoms with Gasteiger partial charge in [0.1, 0.15) is 18.8 Å². The summed E-state index contributed by atoms with van der Waals surface area (Å²) in [5, 5.41) is 2.65. The molecule has 2 aliphatic rings. The maximum atomic E-state index is 2.60. The van der Waals surface area contributed by atoms with Gasteiger partial charge in [0, 0.05) is 16.7 Å². The van der Waals surface area contributed by atoms with Gasteiger partial charge in [-0.15, -0.1) is 0 Å². The van der Waals surface area contributed by atoms with Crippen molar-refractivity contribution in [1.29, 1.82) is 0 Å². The summed E-state index contributed by atoms with van der Waals surface area (Å²) < 4.78 is 0.977. The molecule has 4 aromatic rings. The summed E-state index contributed by atoms with van der Waals surface area (Å²) in [6.07, 6.45) is 0. The van der Waals surface area contributed by atoms with Crippen LogP contribution >= 0.6 is 0 Å². The molecule has 2 aliphatic heterocycles. The zero-order valence-corrected chi connectivity index (χ0v) is 17.7. The fourth-order valence-corrected chi connectivity index (χ4v) is 5.61. The Morgan fingerprint density at radius 1 is 0.767 bits per heavy atom. The molecule has 0 fully saturated rings. The lowest BCUT2D eigenvalue weighted by Gasteiger charge is -2.51. The highest BCUT2D eigenvalue weighted by molar-refractivity contribution is 5.83. The molecule has 0 aliphatic carbocycles. The minimum absolute atomic E-state index is 0.977. The Bertz CT molecular complexity index is 1290. The fourth-order valence-electron chi connectivity index (χ4n) is 5.61. The lowest BCUT2D eigenvalue weighted by atomic mass is 9.95. The number of nitrogens with zero attached hydrogens (tertiary/aromatic N) is 2. The summed E-state index contributed by atoms with van der Waals surface area (Å²) in [7, 11) is 0. The molecule has 2 nitrogen and oxygen atoms in total. The molecule has 0 aromatic heterocycles. The average Bonchev–Trinajstić information content (AvgIpc) is 2.73. The predicted octanol–water partition coefficient (Wildman–Crippen LogP) is 6.46. The molecule has 4 aromatic carbocycles. The predicted molar refractivity (Wildman–Crippen MR) is 127 cm³/mol. The number of fused-ring (bicyclic) bond motifs is 7. The third-order valence-electron chi connectivity index (χ3n) is 6.90. The first-order valence-corrected chi connectivity index (χ1v) is 10.9. The smallest absolute Gasteiger partial charge is 0.160 e. The van der Waals surface area contributed by atoms with Crippen LogP contribution in [0.1, 0.15) is 27.8 Å². The van der Waals surface area contributed by atoms with Gasteiger partial charge in [0.15, 0.2) is 6.67 Å². The molecule has 1 atom stereocenters. The van der Waals surface area contributed by atoms with Gasteiger partial charge in [-0.2, -0.15) is 0 Å². The first-order valence-electron chi connectivity index (χ1n) is 10.9. The van der Waals surface area contributed by atoms with E-state index in [1.807, 2.05) is 0 Å². The van der Waals surface area contributed by atoms with Crippen molar-refractivity contribution in [3.63, 3.8) is 0 Å². The third-order valence-corrected chi connectivity index (χ3v) is 6.90. The number of quaternary nitrogens is 1. The SMILES string of the molecule is Cc1ccc2c(c1)C[N+]1(Cc3ccc4ccccc4c3)CN2Cc2cc(C)ccc21. The fraction of sp³-hybridized carbons (Fsp3) is 0.214. The van der Waals surface area contributed by atoms with E-state index in [-0.39, 0.29) is 0 Å². The topological polar surface area (TPSA) is 3.24 Å². The van der Waals surface area contributed by atoms with Crippen molar-refractivity contribution in [2.75, 3.05) is 11.6 Å². The van der Waals surface area contributed by atoms with E-state index in [4.69, 9.17) is 0 Å². The summed E-state index contributed by atoms with van der Waals surface area (Å²) in [4.78, 5) is 2.60. The van der Waals surface area contributed by atoms with Crippen molar-refractivity contribution in [1.82, 2.24) is 4.48 Å². The summed E-state index contributed by atoms with van der Waals surface area (Å²) in [6, 6.07) is 29.8. The molecule has 2 heteroatoms. The second-order valence-electron chi connectivity index (χ2n) is 9.25. The van der Waals surface area contributed by atoms with Gasteiger partial charge in [-0.1, -0.05) is 59.7 Å². The van der Waals surface area contributed by atoms with Gasteiger partial charge in [-0.25, -0.2) is 0 Å². The zero-order valence-electron chi connectivity index (χ0n) is 17.7. The second kappa shape index (κ2) is 6.45. The summed E-state index contributed by atoms with van der Waals surface area (Å²) in [5.74, 6) is 0. The number of aryl methyl sites for hydroxylation is 2. The lowest BCUT2D eigenvalue weighted by Crippen LogP contribution is -2.60. The Balaban J connectivity index is 1.51. The normalized spacial score (nSPS) is 19.5. The number of benzene rings is 4.